The van der Waals surface area contributed by atoms with Crippen molar-refractivity contribution in [2.75, 3.05) is 6.54 Å². The monoisotopic (exact) mass is 278 g/mol. The summed E-state index contributed by atoms with van der Waals surface area (Å²) in [5, 5.41) is 0. The van der Waals surface area contributed by atoms with Crippen molar-refractivity contribution in [1.29, 1.82) is 0 Å². The van der Waals surface area contributed by atoms with Crippen LogP contribution in [-0.2, 0) is 0 Å². The van der Waals surface area contributed by atoms with Crippen LogP contribution >= 0.6 is 0 Å². The molecule has 0 radical (unpaired) electrons. The molecule has 0 amide bonds. The zero-order valence-electron chi connectivity index (χ0n) is 7.00. The van der Waals surface area contributed by atoms with Gasteiger partial charge in [-0.2, -0.15) is 0 Å². The lowest BCUT2D eigenvalue weighted by Crippen LogP contribution is -3.00. The predicted molar refractivity (Wildman–Crippen MR) is 37.9 cm³/mol. The van der Waals surface area contributed by atoms with Crippen LogP contribution in [0.25, 0.3) is 0 Å². The van der Waals surface area contributed by atoms with Gasteiger partial charge in [0.1, 0.15) is 0 Å². The number of rotatable bonds is 4. The third kappa shape index (κ3) is 23.2. The van der Waals surface area contributed by atoms with Crippen LogP contribution in [0.2, 0.25) is 0 Å². The summed E-state index contributed by atoms with van der Waals surface area (Å²) in [6.45, 7) is 3.34. The molecule has 0 fully saturated rings. The standard InChI is InChI=1S/C6H15N.2BrH.H3N/c1-2-3-4-5-6-7;;;/h2-7H2,1H3;2*1H;1H3. The Morgan fingerprint density at radius 3 is 1.80 bits per heavy atom. The van der Waals surface area contributed by atoms with E-state index in [4.69, 9.17) is 0 Å². The van der Waals surface area contributed by atoms with Gasteiger partial charge in [0.2, 0.25) is 0 Å². The maximum absolute atomic E-state index is 3.76. The second-order valence-electron chi connectivity index (χ2n) is 1.91. The van der Waals surface area contributed by atoms with Crippen LogP contribution in [-0.4, -0.2) is 6.54 Å². The van der Waals surface area contributed by atoms with Gasteiger partial charge in [0.25, 0.3) is 0 Å². The Morgan fingerprint density at radius 2 is 1.50 bits per heavy atom. The van der Waals surface area contributed by atoms with E-state index in [1.807, 2.05) is 0 Å². The molecule has 0 heterocycles. The van der Waals surface area contributed by atoms with Crippen molar-refractivity contribution in [1.82, 2.24) is 6.15 Å². The van der Waals surface area contributed by atoms with E-state index in [-0.39, 0.29) is 40.1 Å². The summed E-state index contributed by atoms with van der Waals surface area (Å²) in [7, 11) is 0. The highest BCUT2D eigenvalue weighted by atomic mass is 79.9. The van der Waals surface area contributed by atoms with Gasteiger partial charge >= 0.3 is 0 Å². The summed E-state index contributed by atoms with van der Waals surface area (Å²) >= 11 is 0. The van der Waals surface area contributed by atoms with Crippen molar-refractivity contribution >= 4 is 0 Å². The molecule has 0 spiro atoms. The molecule has 0 rings (SSSR count). The topological polar surface area (TPSA) is 64.1 Å². The highest BCUT2D eigenvalue weighted by Crippen LogP contribution is 1.94. The lowest BCUT2D eigenvalue weighted by molar-refractivity contribution is -0.368. The van der Waals surface area contributed by atoms with E-state index in [0.29, 0.717) is 0 Å². The maximum atomic E-state index is 3.76. The molecule has 0 aromatic rings. The summed E-state index contributed by atoms with van der Waals surface area (Å²) in [5.74, 6) is 0. The fourth-order valence-corrected chi connectivity index (χ4v) is 0.604. The number of quaternary nitrogens is 2. The lowest BCUT2D eigenvalue weighted by Gasteiger charge is -1.89. The molecule has 0 unspecified atom stereocenters. The maximum Gasteiger partial charge on any atom is 0.0739 e. The number of hydrogen-bond donors (Lipinski definition) is 2. The van der Waals surface area contributed by atoms with Gasteiger partial charge in [-0.05, 0) is 12.8 Å². The van der Waals surface area contributed by atoms with Crippen molar-refractivity contribution < 1.29 is 39.7 Å². The molecule has 2 nitrogen and oxygen atoms in total. The molecule has 0 saturated carbocycles. The van der Waals surface area contributed by atoms with E-state index in [1.54, 1.807) is 0 Å². The Balaban J connectivity index is -0.0000000600. The van der Waals surface area contributed by atoms with E-state index in [9.17, 15) is 0 Å². The summed E-state index contributed by atoms with van der Waals surface area (Å²) in [6, 6.07) is 0. The molecular weight excluding hydrogens is 260 g/mol. The van der Waals surface area contributed by atoms with Gasteiger partial charge in [-0.15, -0.1) is 0 Å². The van der Waals surface area contributed by atoms with Crippen molar-refractivity contribution in [2.45, 2.75) is 32.6 Å². The van der Waals surface area contributed by atoms with E-state index in [1.165, 1.54) is 25.7 Å². The van der Waals surface area contributed by atoms with Gasteiger partial charge in [0.15, 0.2) is 0 Å². The Bertz CT molecular complexity index is 32.9. The summed E-state index contributed by atoms with van der Waals surface area (Å²) in [4.78, 5) is 0. The Morgan fingerprint density at radius 1 is 1.00 bits per heavy atom. The molecule has 68 valence electrons. The van der Waals surface area contributed by atoms with Gasteiger partial charge in [-0.25, -0.2) is 0 Å². The minimum absolute atomic E-state index is 0. The number of unbranched alkanes of at least 4 members (excludes halogenated alkanes) is 3. The molecule has 0 aliphatic rings. The second-order valence-corrected chi connectivity index (χ2v) is 1.91. The van der Waals surface area contributed by atoms with Crippen LogP contribution < -0.4 is 45.8 Å². The first kappa shape index (κ1) is 22.4. The summed E-state index contributed by atoms with van der Waals surface area (Å²) in [5.41, 5.74) is 3.76. The van der Waals surface area contributed by atoms with Crippen LogP contribution in [0.1, 0.15) is 32.6 Å². The largest absolute Gasteiger partial charge is 1.00 e. The number of hydrogen-bond acceptors (Lipinski definition) is 0. The van der Waals surface area contributed by atoms with Crippen LogP contribution in [0.15, 0.2) is 0 Å². The van der Waals surface area contributed by atoms with Crippen LogP contribution in [0.4, 0.5) is 0 Å². The van der Waals surface area contributed by atoms with Crippen molar-refractivity contribution in [2.24, 2.45) is 0 Å². The molecule has 0 bridgehead atoms. The Labute approximate surface area is 85.1 Å². The first-order chi connectivity index (χ1) is 3.41. The fourth-order valence-electron chi connectivity index (χ4n) is 0.604. The molecule has 10 heavy (non-hydrogen) atoms. The minimum Gasteiger partial charge on any atom is -1.00 e. The molecule has 0 aromatic carbocycles. The molecule has 0 atom stereocenters. The van der Waals surface area contributed by atoms with Gasteiger partial charge < -0.3 is 45.8 Å². The highest BCUT2D eigenvalue weighted by Gasteiger charge is 1.82. The minimum atomic E-state index is 0. The van der Waals surface area contributed by atoms with Gasteiger partial charge in [-0.3, -0.25) is 0 Å². The van der Waals surface area contributed by atoms with Crippen molar-refractivity contribution in [3.8, 4) is 0 Å². The molecule has 0 saturated heterocycles. The normalized spacial score (nSPS) is 6.60. The summed E-state index contributed by atoms with van der Waals surface area (Å²) in [6.07, 6.45) is 5.41. The highest BCUT2D eigenvalue weighted by molar-refractivity contribution is 4.35. The first-order valence-corrected chi connectivity index (χ1v) is 3.21. The van der Waals surface area contributed by atoms with E-state index >= 15 is 0 Å². The molecule has 0 aliphatic heterocycles. The van der Waals surface area contributed by atoms with Crippen LogP contribution in [0.3, 0.4) is 0 Å². The molecule has 0 aromatic heterocycles. The van der Waals surface area contributed by atoms with E-state index < -0.39 is 0 Å². The zero-order valence-corrected chi connectivity index (χ0v) is 10.2. The first-order valence-electron chi connectivity index (χ1n) is 3.21. The zero-order chi connectivity index (χ0) is 5.54. The molecular formula is C6H20Br2N2. The number of halogens is 2. The van der Waals surface area contributed by atoms with Crippen molar-refractivity contribution in [3.63, 3.8) is 0 Å². The van der Waals surface area contributed by atoms with E-state index in [2.05, 4.69) is 12.7 Å². The van der Waals surface area contributed by atoms with Gasteiger partial charge in [-0.1, -0.05) is 19.8 Å². The molecule has 0 aliphatic carbocycles. The molecule has 4 heteroatoms. The molecule has 7 N–H and O–H groups in total. The third-order valence-electron chi connectivity index (χ3n) is 1.10. The lowest BCUT2D eigenvalue weighted by atomic mass is 10.2. The Hall–Kier alpha value is 0.880. The van der Waals surface area contributed by atoms with Gasteiger partial charge in [0, 0.05) is 0 Å². The average molecular weight is 280 g/mol. The Kier molecular flexibility index (Phi) is 50.6. The third-order valence-corrected chi connectivity index (χ3v) is 1.10. The average Bonchev–Trinajstić information content (AvgIpc) is 1.69. The SMILES string of the molecule is CCCCCC[NH3+].[Br-].[Br-].[NH4+]. The van der Waals surface area contributed by atoms with Crippen LogP contribution in [0, 0.1) is 0 Å². The van der Waals surface area contributed by atoms with Crippen LogP contribution in [0.5, 0.6) is 0 Å². The predicted octanol–water partition coefficient (Wildman–Crippen LogP) is -4.81. The smallest absolute Gasteiger partial charge is 0.0739 e. The quantitative estimate of drug-likeness (QED) is 0.486. The van der Waals surface area contributed by atoms with E-state index in [0.717, 1.165) is 6.54 Å². The van der Waals surface area contributed by atoms with Crippen molar-refractivity contribution in [3.05, 3.63) is 0 Å². The summed E-state index contributed by atoms with van der Waals surface area (Å²) < 4.78 is 0. The second kappa shape index (κ2) is 22.5. The fraction of sp³-hybridized carbons (Fsp3) is 1.00. The van der Waals surface area contributed by atoms with Gasteiger partial charge in [0.05, 0.1) is 6.54 Å².